The van der Waals surface area contributed by atoms with Gasteiger partial charge in [-0.05, 0) is 23.8 Å². The van der Waals surface area contributed by atoms with Crippen molar-refractivity contribution in [2.24, 2.45) is 7.05 Å². The minimum absolute atomic E-state index is 0. The molecule has 1 N–H and O–H groups in total. The summed E-state index contributed by atoms with van der Waals surface area (Å²) in [5, 5.41) is 4.81. The molecule has 2 heterocycles. The first-order chi connectivity index (χ1) is 10.1. The van der Waals surface area contributed by atoms with Crippen molar-refractivity contribution in [1.29, 1.82) is 0 Å². The van der Waals surface area contributed by atoms with Gasteiger partial charge in [0.1, 0.15) is 5.82 Å². The molecular formula is C15H19Cl3N4. The number of hydrogen-bond donors (Lipinski definition) is 1. The van der Waals surface area contributed by atoms with E-state index in [1.54, 1.807) is 6.07 Å². The van der Waals surface area contributed by atoms with Crippen molar-refractivity contribution in [2.75, 3.05) is 19.6 Å². The van der Waals surface area contributed by atoms with Gasteiger partial charge in [0, 0.05) is 55.7 Å². The van der Waals surface area contributed by atoms with Crippen LogP contribution in [-0.2, 0) is 13.6 Å². The van der Waals surface area contributed by atoms with Gasteiger partial charge < -0.3 is 9.88 Å². The highest BCUT2D eigenvalue weighted by Crippen LogP contribution is 2.25. The maximum absolute atomic E-state index is 6.10. The van der Waals surface area contributed by atoms with Gasteiger partial charge in [-0.1, -0.05) is 23.2 Å². The van der Waals surface area contributed by atoms with Crippen LogP contribution in [0.15, 0.2) is 30.6 Å². The van der Waals surface area contributed by atoms with Crippen LogP contribution >= 0.6 is 35.6 Å². The minimum Gasteiger partial charge on any atom is -0.337 e. The SMILES string of the molecule is Cl.Cn1ccnc1C1CNCCN1Cc1cc(Cl)cc(Cl)c1. The van der Waals surface area contributed by atoms with Crippen LogP contribution in [0.4, 0.5) is 0 Å². The Morgan fingerprint density at radius 2 is 2.00 bits per heavy atom. The molecule has 0 bridgehead atoms. The second-order valence-corrected chi connectivity index (χ2v) is 6.24. The first kappa shape index (κ1) is 17.6. The fourth-order valence-electron chi connectivity index (χ4n) is 2.83. The van der Waals surface area contributed by atoms with E-state index < -0.39 is 0 Å². The van der Waals surface area contributed by atoms with E-state index in [0.717, 1.165) is 37.6 Å². The van der Waals surface area contributed by atoms with Crippen LogP contribution in [0.3, 0.4) is 0 Å². The Morgan fingerprint density at radius 3 is 2.64 bits per heavy atom. The van der Waals surface area contributed by atoms with Crippen LogP contribution in [0, 0.1) is 0 Å². The van der Waals surface area contributed by atoms with Gasteiger partial charge in [0.15, 0.2) is 0 Å². The Hall–Kier alpha value is -0.780. The van der Waals surface area contributed by atoms with Crippen LogP contribution in [0.2, 0.25) is 10.0 Å². The van der Waals surface area contributed by atoms with Crippen LogP contribution < -0.4 is 5.32 Å². The van der Waals surface area contributed by atoms with Gasteiger partial charge in [0.2, 0.25) is 0 Å². The molecular weight excluding hydrogens is 343 g/mol. The van der Waals surface area contributed by atoms with Crippen molar-refractivity contribution in [3.63, 3.8) is 0 Å². The van der Waals surface area contributed by atoms with Crippen molar-refractivity contribution >= 4 is 35.6 Å². The first-order valence-corrected chi connectivity index (χ1v) is 7.76. The first-order valence-electron chi connectivity index (χ1n) is 7.00. The standard InChI is InChI=1S/C15H18Cl2N4.ClH/c1-20-4-3-19-15(20)14-9-18-2-5-21(14)10-11-6-12(16)8-13(17)7-11;/h3-4,6-8,14,18H,2,5,9-10H2,1H3;1H. The monoisotopic (exact) mass is 360 g/mol. The van der Waals surface area contributed by atoms with Gasteiger partial charge in [0.05, 0.1) is 6.04 Å². The van der Waals surface area contributed by atoms with Crippen molar-refractivity contribution in [2.45, 2.75) is 12.6 Å². The van der Waals surface area contributed by atoms with Gasteiger partial charge in [0.25, 0.3) is 0 Å². The lowest BCUT2D eigenvalue weighted by Gasteiger charge is -2.35. The zero-order chi connectivity index (χ0) is 14.8. The number of imidazole rings is 1. The molecule has 2 aromatic rings. The highest BCUT2D eigenvalue weighted by atomic mass is 35.5. The second kappa shape index (κ2) is 7.66. The average Bonchev–Trinajstić information content (AvgIpc) is 2.84. The molecule has 1 aromatic heterocycles. The van der Waals surface area contributed by atoms with E-state index in [-0.39, 0.29) is 18.4 Å². The number of aryl methyl sites for hydroxylation is 1. The van der Waals surface area contributed by atoms with Gasteiger partial charge in [-0.15, -0.1) is 12.4 Å². The van der Waals surface area contributed by atoms with Crippen molar-refractivity contribution in [1.82, 2.24) is 19.8 Å². The van der Waals surface area contributed by atoms with Gasteiger partial charge in [-0.2, -0.15) is 0 Å². The molecule has 0 spiro atoms. The molecule has 1 fully saturated rings. The molecule has 22 heavy (non-hydrogen) atoms. The predicted octanol–water partition coefficient (Wildman–Crippen LogP) is 3.30. The molecule has 1 saturated heterocycles. The summed E-state index contributed by atoms with van der Waals surface area (Å²) in [5.41, 5.74) is 1.13. The minimum atomic E-state index is 0. The van der Waals surface area contributed by atoms with Gasteiger partial charge >= 0.3 is 0 Å². The lowest BCUT2D eigenvalue weighted by molar-refractivity contribution is 0.145. The third-order valence-electron chi connectivity index (χ3n) is 3.82. The summed E-state index contributed by atoms with van der Waals surface area (Å²) >= 11 is 12.2. The number of rotatable bonds is 3. The summed E-state index contributed by atoms with van der Waals surface area (Å²) in [4.78, 5) is 6.91. The molecule has 1 aliphatic rings. The lowest BCUT2D eigenvalue weighted by Crippen LogP contribution is -2.46. The molecule has 120 valence electrons. The Labute approximate surface area is 146 Å². The van der Waals surface area contributed by atoms with Crippen LogP contribution in [-0.4, -0.2) is 34.1 Å². The van der Waals surface area contributed by atoms with Gasteiger partial charge in [-0.25, -0.2) is 4.98 Å². The van der Waals surface area contributed by atoms with Crippen LogP contribution in [0.1, 0.15) is 17.4 Å². The van der Waals surface area contributed by atoms with Crippen LogP contribution in [0.5, 0.6) is 0 Å². The molecule has 1 aliphatic heterocycles. The van der Waals surface area contributed by atoms with E-state index in [1.165, 1.54) is 0 Å². The van der Waals surface area contributed by atoms with E-state index in [1.807, 2.05) is 31.6 Å². The average molecular weight is 362 g/mol. The number of hydrogen-bond acceptors (Lipinski definition) is 3. The van der Waals surface area contributed by atoms with E-state index in [4.69, 9.17) is 23.2 Å². The molecule has 3 rings (SSSR count). The summed E-state index contributed by atoms with van der Waals surface area (Å²) in [7, 11) is 2.03. The second-order valence-electron chi connectivity index (χ2n) is 5.36. The molecule has 0 saturated carbocycles. The predicted molar refractivity (Wildman–Crippen MR) is 92.9 cm³/mol. The Bertz CT molecular complexity index is 609. The summed E-state index contributed by atoms with van der Waals surface area (Å²) in [6.45, 7) is 3.68. The molecule has 0 amide bonds. The third-order valence-corrected chi connectivity index (χ3v) is 4.26. The van der Waals surface area contributed by atoms with Gasteiger partial charge in [-0.3, -0.25) is 4.90 Å². The highest BCUT2D eigenvalue weighted by molar-refractivity contribution is 6.34. The van der Waals surface area contributed by atoms with E-state index in [9.17, 15) is 0 Å². The maximum atomic E-state index is 6.10. The fourth-order valence-corrected chi connectivity index (χ4v) is 3.40. The number of aromatic nitrogens is 2. The topological polar surface area (TPSA) is 33.1 Å². The van der Waals surface area contributed by atoms with Crippen LogP contribution in [0.25, 0.3) is 0 Å². The quantitative estimate of drug-likeness (QED) is 0.910. The molecule has 7 heteroatoms. The molecule has 1 unspecified atom stereocenters. The zero-order valence-electron chi connectivity index (χ0n) is 12.3. The molecule has 1 aromatic carbocycles. The number of halogens is 3. The number of benzene rings is 1. The van der Waals surface area contributed by atoms with E-state index >= 15 is 0 Å². The summed E-state index contributed by atoms with van der Waals surface area (Å²) in [6, 6.07) is 5.98. The Morgan fingerprint density at radius 1 is 1.27 bits per heavy atom. The van der Waals surface area contributed by atoms with E-state index in [0.29, 0.717) is 10.0 Å². The third kappa shape index (κ3) is 3.94. The summed E-state index contributed by atoms with van der Waals surface area (Å²) < 4.78 is 2.08. The number of nitrogens with one attached hydrogen (secondary N) is 1. The molecule has 0 radical (unpaired) electrons. The normalized spacial score (nSPS) is 19.0. The molecule has 4 nitrogen and oxygen atoms in total. The number of piperazine rings is 1. The summed E-state index contributed by atoms with van der Waals surface area (Å²) in [6.07, 6.45) is 3.83. The molecule has 0 aliphatic carbocycles. The zero-order valence-corrected chi connectivity index (χ0v) is 14.6. The highest BCUT2D eigenvalue weighted by Gasteiger charge is 2.26. The summed E-state index contributed by atoms with van der Waals surface area (Å²) in [5.74, 6) is 1.08. The van der Waals surface area contributed by atoms with Crippen molar-refractivity contribution < 1.29 is 0 Å². The Balaban J connectivity index is 0.00000176. The molecule has 1 atom stereocenters. The van der Waals surface area contributed by atoms with Crippen molar-refractivity contribution in [3.05, 3.63) is 52.0 Å². The lowest BCUT2D eigenvalue weighted by atomic mass is 10.1. The smallest absolute Gasteiger partial charge is 0.127 e. The van der Waals surface area contributed by atoms with E-state index in [2.05, 4.69) is 19.8 Å². The largest absolute Gasteiger partial charge is 0.337 e. The van der Waals surface area contributed by atoms with Crippen molar-refractivity contribution in [3.8, 4) is 0 Å². The Kier molecular flexibility index (Phi) is 6.12. The number of nitrogens with zero attached hydrogens (tertiary/aromatic N) is 3. The fraction of sp³-hybridized carbons (Fsp3) is 0.400. The maximum Gasteiger partial charge on any atom is 0.127 e.